The van der Waals surface area contributed by atoms with Gasteiger partial charge in [0.25, 0.3) is 6.43 Å². The van der Waals surface area contributed by atoms with E-state index in [1.54, 1.807) is 0 Å². The fraction of sp³-hybridized carbons (Fsp3) is 0.444. The summed E-state index contributed by atoms with van der Waals surface area (Å²) in [6, 6.07) is 0.267. The summed E-state index contributed by atoms with van der Waals surface area (Å²) in [5, 5.41) is 0. The van der Waals surface area contributed by atoms with Gasteiger partial charge in [-0.05, 0) is 6.07 Å². The van der Waals surface area contributed by atoms with Crippen LogP contribution in [-0.4, -0.2) is 12.1 Å². The molecule has 0 aliphatic rings. The minimum atomic E-state index is -4.81. The highest BCUT2D eigenvalue weighted by Gasteiger charge is 2.35. The molecule has 0 amide bonds. The van der Waals surface area contributed by atoms with E-state index in [1.807, 2.05) is 0 Å². The molecule has 0 spiro atoms. The second-order valence-electron chi connectivity index (χ2n) is 3.08. The summed E-state index contributed by atoms with van der Waals surface area (Å²) in [6.45, 7) is -0.424. The van der Waals surface area contributed by atoms with Gasteiger partial charge in [-0.2, -0.15) is 13.2 Å². The number of ether oxygens (including phenoxy) is 1. The Morgan fingerprint density at radius 2 is 2.00 bits per heavy atom. The number of methoxy groups -OCH3 is 1. The average Bonchev–Trinajstić information content (AvgIpc) is 2.25. The van der Waals surface area contributed by atoms with E-state index in [9.17, 15) is 22.0 Å². The third-order valence-corrected chi connectivity index (χ3v) is 1.99. The van der Waals surface area contributed by atoms with Crippen molar-refractivity contribution in [1.82, 2.24) is 4.98 Å². The van der Waals surface area contributed by atoms with Gasteiger partial charge in [0.15, 0.2) is 5.75 Å². The Kier molecular flexibility index (Phi) is 3.87. The summed E-state index contributed by atoms with van der Waals surface area (Å²) in [5.41, 5.74) is 2.53. The molecule has 0 fully saturated rings. The Morgan fingerprint density at radius 3 is 2.35 bits per heavy atom. The molecule has 0 bridgehead atoms. The molecule has 0 atom stereocenters. The van der Waals surface area contributed by atoms with Gasteiger partial charge in [-0.1, -0.05) is 0 Å². The molecule has 96 valence electrons. The summed E-state index contributed by atoms with van der Waals surface area (Å²) in [5.74, 6) is -0.407. The van der Waals surface area contributed by atoms with Gasteiger partial charge in [-0.15, -0.1) is 0 Å². The molecule has 0 saturated heterocycles. The van der Waals surface area contributed by atoms with Crippen LogP contribution in [0.2, 0.25) is 0 Å². The molecule has 1 rings (SSSR count). The summed E-state index contributed by atoms with van der Waals surface area (Å²) >= 11 is 0. The van der Waals surface area contributed by atoms with Crippen LogP contribution in [0.1, 0.15) is 23.4 Å². The number of nitrogens with two attached hydrogens (primary N) is 1. The van der Waals surface area contributed by atoms with Crippen LogP contribution in [0.5, 0.6) is 5.75 Å². The maximum atomic E-state index is 12.6. The third-order valence-electron chi connectivity index (χ3n) is 1.99. The summed E-state index contributed by atoms with van der Waals surface area (Å²) < 4.78 is 67.0. The molecule has 0 aliphatic heterocycles. The molecule has 17 heavy (non-hydrogen) atoms. The molecule has 2 N–H and O–H groups in total. The van der Waals surface area contributed by atoms with E-state index in [0.29, 0.717) is 0 Å². The first-order valence-corrected chi connectivity index (χ1v) is 4.44. The van der Waals surface area contributed by atoms with Crippen molar-refractivity contribution >= 4 is 0 Å². The lowest BCUT2D eigenvalue weighted by Gasteiger charge is -2.15. The number of alkyl halides is 5. The first-order chi connectivity index (χ1) is 7.81. The van der Waals surface area contributed by atoms with E-state index in [4.69, 9.17) is 5.73 Å². The second kappa shape index (κ2) is 4.82. The zero-order chi connectivity index (χ0) is 13.2. The van der Waals surface area contributed by atoms with Gasteiger partial charge in [0.2, 0.25) is 0 Å². The van der Waals surface area contributed by atoms with Gasteiger partial charge < -0.3 is 10.5 Å². The molecular weight excluding hydrogens is 247 g/mol. The van der Waals surface area contributed by atoms with Crippen molar-refractivity contribution in [2.45, 2.75) is 19.1 Å². The monoisotopic (exact) mass is 256 g/mol. The zero-order valence-electron chi connectivity index (χ0n) is 8.68. The van der Waals surface area contributed by atoms with E-state index >= 15 is 0 Å². The first-order valence-electron chi connectivity index (χ1n) is 4.44. The molecule has 0 saturated carbocycles. The van der Waals surface area contributed by atoms with E-state index in [2.05, 4.69) is 9.72 Å². The van der Waals surface area contributed by atoms with E-state index in [-0.39, 0.29) is 11.8 Å². The van der Waals surface area contributed by atoms with Crippen molar-refractivity contribution in [2.24, 2.45) is 5.73 Å². The lowest BCUT2D eigenvalue weighted by Crippen LogP contribution is -2.14. The Bertz CT molecular complexity index is 405. The van der Waals surface area contributed by atoms with Crippen LogP contribution in [0.25, 0.3) is 0 Å². The summed E-state index contributed by atoms with van der Waals surface area (Å²) in [4.78, 5) is 3.17. The molecular formula is C9H9F5N2O. The van der Waals surface area contributed by atoms with Crippen molar-refractivity contribution in [1.29, 1.82) is 0 Å². The van der Waals surface area contributed by atoms with Crippen molar-refractivity contribution in [3.8, 4) is 5.75 Å². The standard InChI is InChI=1S/C9H9F5N2O/c1-17-7-4(8(10)11)2-6(9(12,13)14)16-5(7)3-15/h2,8H,3,15H2,1H3. The molecule has 1 heterocycles. The lowest BCUT2D eigenvalue weighted by atomic mass is 10.1. The van der Waals surface area contributed by atoms with E-state index < -0.39 is 36.2 Å². The van der Waals surface area contributed by atoms with Gasteiger partial charge >= 0.3 is 6.18 Å². The van der Waals surface area contributed by atoms with Gasteiger partial charge in [0, 0.05) is 6.54 Å². The predicted molar refractivity (Wildman–Crippen MR) is 48.6 cm³/mol. The highest BCUT2D eigenvalue weighted by Crippen LogP contribution is 2.36. The molecule has 0 unspecified atom stereocenters. The third kappa shape index (κ3) is 2.82. The van der Waals surface area contributed by atoms with Crippen molar-refractivity contribution < 1.29 is 26.7 Å². The highest BCUT2D eigenvalue weighted by molar-refractivity contribution is 5.40. The quantitative estimate of drug-likeness (QED) is 0.845. The minimum Gasteiger partial charge on any atom is -0.494 e. The Balaban J connectivity index is 3.46. The van der Waals surface area contributed by atoms with Crippen LogP contribution in [0.15, 0.2) is 6.07 Å². The number of nitrogens with zero attached hydrogens (tertiary/aromatic N) is 1. The smallest absolute Gasteiger partial charge is 0.433 e. The maximum absolute atomic E-state index is 12.6. The number of hydrogen-bond donors (Lipinski definition) is 1. The van der Waals surface area contributed by atoms with Crippen LogP contribution >= 0.6 is 0 Å². The average molecular weight is 256 g/mol. The fourth-order valence-corrected chi connectivity index (χ4v) is 1.29. The maximum Gasteiger partial charge on any atom is 0.433 e. The zero-order valence-corrected chi connectivity index (χ0v) is 8.68. The summed E-state index contributed by atoms with van der Waals surface area (Å²) in [6.07, 6.45) is -7.90. The Labute approximate surface area is 93.4 Å². The van der Waals surface area contributed by atoms with E-state index in [1.165, 1.54) is 0 Å². The Hall–Kier alpha value is -1.44. The molecule has 3 nitrogen and oxygen atoms in total. The van der Waals surface area contributed by atoms with Crippen LogP contribution < -0.4 is 10.5 Å². The van der Waals surface area contributed by atoms with Crippen LogP contribution in [0.4, 0.5) is 22.0 Å². The van der Waals surface area contributed by atoms with Crippen LogP contribution in [-0.2, 0) is 12.7 Å². The van der Waals surface area contributed by atoms with Gasteiger partial charge in [-0.25, -0.2) is 13.8 Å². The van der Waals surface area contributed by atoms with Crippen molar-refractivity contribution in [3.63, 3.8) is 0 Å². The van der Waals surface area contributed by atoms with Crippen molar-refractivity contribution in [2.75, 3.05) is 7.11 Å². The van der Waals surface area contributed by atoms with Crippen LogP contribution in [0.3, 0.4) is 0 Å². The minimum absolute atomic E-state index is 0.267. The van der Waals surface area contributed by atoms with Crippen molar-refractivity contribution in [3.05, 3.63) is 23.0 Å². The molecule has 0 aromatic carbocycles. The number of hydrogen-bond acceptors (Lipinski definition) is 3. The first kappa shape index (κ1) is 13.6. The largest absolute Gasteiger partial charge is 0.494 e. The number of aromatic nitrogens is 1. The van der Waals surface area contributed by atoms with Gasteiger partial charge in [0.1, 0.15) is 5.69 Å². The van der Waals surface area contributed by atoms with E-state index in [0.717, 1.165) is 7.11 Å². The number of rotatable bonds is 3. The molecule has 0 radical (unpaired) electrons. The normalized spacial score (nSPS) is 12.0. The molecule has 0 aliphatic carbocycles. The highest BCUT2D eigenvalue weighted by atomic mass is 19.4. The van der Waals surface area contributed by atoms with Gasteiger partial charge in [0.05, 0.1) is 18.4 Å². The Morgan fingerprint density at radius 1 is 1.41 bits per heavy atom. The van der Waals surface area contributed by atoms with Crippen LogP contribution in [0, 0.1) is 0 Å². The second-order valence-corrected chi connectivity index (χ2v) is 3.08. The van der Waals surface area contributed by atoms with Gasteiger partial charge in [-0.3, -0.25) is 0 Å². The number of halogens is 5. The molecule has 1 aromatic heterocycles. The number of pyridine rings is 1. The predicted octanol–water partition coefficient (Wildman–Crippen LogP) is 2.51. The fourth-order valence-electron chi connectivity index (χ4n) is 1.29. The lowest BCUT2D eigenvalue weighted by molar-refractivity contribution is -0.141. The molecule has 1 aromatic rings. The SMILES string of the molecule is COc1c(C(F)F)cc(C(F)(F)F)nc1CN. The molecule has 8 heteroatoms. The topological polar surface area (TPSA) is 48.1 Å². The summed E-state index contributed by atoms with van der Waals surface area (Å²) in [7, 11) is 1.06.